The van der Waals surface area contributed by atoms with Gasteiger partial charge in [-0.15, -0.1) is 0 Å². The summed E-state index contributed by atoms with van der Waals surface area (Å²) in [6.07, 6.45) is 3.01. The molecule has 4 nitrogen and oxygen atoms in total. The maximum absolute atomic E-state index is 12.9. The van der Waals surface area contributed by atoms with Crippen LogP contribution in [0.15, 0.2) is 36.4 Å². The van der Waals surface area contributed by atoms with Gasteiger partial charge in [0.15, 0.2) is 0 Å². The van der Waals surface area contributed by atoms with Gasteiger partial charge >= 0.3 is 11.9 Å². The molecule has 6 unspecified atom stereocenters. The third kappa shape index (κ3) is 4.10. The molecule has 2 aliphatic carbocycles. The largest absolute Gasteiger partial charge is 0.462 e. The normalized spacial score (nSPS) is 27.1. The Morgan fingerprint density at radius 3 is 2.43 bits per heavy atom. The fourth-order valence-corrected chi connectivity index (χ4v) is 5.05. The number of hydrogen-bond acceptors (Lipinski definition) is 4. The zero-order valence-electron chi connectivity index (χ0n) is 18.4. The second kappa shape index (κ2) is 8.41. The fraction of sp³-hybridized carbons (Fsp3) is 0.538. The molecule has 2 saturated carbocycles. The minimum absolute atomic E-state index is 0.0260. The van der Waals surface area contributed by atoms with E-state index in [1.165, 1.54) is 10.9 Å². The topological polar surface area (TPSA) is 52.6 Å². The Morgan fingerprint density at radius 2 is 1.73 bits per heavy atom. The maximum atomic E-state index is 12.9. The predicted octanol–water partition coefficient (Wildman–Crippen LogP) is 5.76. The Bertz CT molecular complexity index is 949. The SMILES string of the molecule is CCC(C)C(=O)OC1CC2CC1CC2C(=O)OC(C)c1ccc2cc(C)ccc2c1. The molecule has 0 saturated heterocycles. The molecule has 4 heteroatoms. The van der Waals surface area contributed by atoms with Gasteiger partial charge in [-0.3, -0.25) is 9.59 Å². The van der Waals surface area contributed by atoms with Crippen LogP contribution in [0.4, 0.5) is 0 Å². The van der Waals surface area contributed by atoms with E-state index >= 15 is 0 Å². The lowest BCUT2D eigenvalue weighted by Gasteiger charge is -2.28. The zero-order valence-corrected chi connectivity index (χ0v) is 18.4. The average molecular weight is 409 g/mol. The first kappa shape index (κ1) is 20.9. The van der Waals surface area contributed by atoms with Crippen molar-refractivity contribution in [1.82, 2.24) is 0 Å². The molecule has 0 spiro atoms. The molecule has 0 aromatic heterocycles. The summed E-state index contributed by atoms with van der Waals surface area (Å²) in [4.78, 5) is 25.0. The minimum Gasteiger partial charge on any atom is -0.462 e. The Kier molecular flexibility index (Phi) is 5.86. The minimum atomic E-state index is -0.277. The standard InChI is InChI=1S/C26H32O4/c1-5-16(3)25(27)30-24-14-21-12-22(24)13-23(21)26(28)29-17(4)18-8-9-19-10-15(2)6-7-20(19)11-18/h6-11,16-17,21-24H,5,12-14H2,1-4H3. The van der Waals surface area contributed by atoms with E-state index in [0.29, 0.717) is 5.92 Å². The van der Waals surface area contributed by atoms with Crippen molar-refractivity contribution in [2.75, 3.05) is 0 Å². The van der Waals surface area contributed by atoms with Crippen molar-refractivity contribution in [3.63, 3.8) is 0 Å². The number of ether oxygens (including phenoxy) is 2. The quantitative estimate of drug-likeness (QED) is 0.571. The molecular formula is C26H32O4. The highest BCUT2D eigenvalue weighted by Gasteiger charge is 2.51. The van der Waals surface area contributed by atoms with E-state index in [9.17, 15) is 9.59 Å². The molecule has 160 valence electrons. The van der Waals surface area contributed by atoms with Crippen molar-refractivity contribution < 1.29 is 19.1 Å². The van der Waals surface area contributed by atoms with Gasteiger partial charge in [-0.25, -0.2) is 0 Å². The summed E-state index contributed by atoms with van der Waals surface area (Å²) in [5, 5.41) is 2.36. The van der Waals surface area contributed by atoms with Crippen LogP contribution in [0.1, 0.15) is 63.7 Å². The van der Waals surface area contributed by atoms with Crippen molar-refractivity contribution in [2.24, 2.45) is 23.7 Å². The number of fused-ring (bicyclic) bond motifs is 3. The Balaban J connectivity index is 1.35. The summed E-state index contributed by atoms with van der Waals surface area (Å²) in [6, 6.07) is 12.6. The first-order valence-electron chi connectivity index (χ1n) is 11.3. The molecule has 0 aliphatic heterocycles. The van der Waals surface area contributed by atoms with Crippen LogP contribution in [-0.4, -0.2) is 18.0 Å². The van der Waals surface area contributed by atoms with Crippen LogP contribution in [0, 0.1) is 30.6 Å². The van der Waals surface area contributed by atoms with E-state index in [0.717, 1.165) is 36.6 Å². The van der Waals surface area contributed by atoms with Gasteiger partial charge in [0.25, 0.3) is 0 Å². The van der Waals surface area contributed by atoms with Gasteiger partial charge in [0, 0.05) is 0 Å². The van der Waals surface area contributed by atoms with E-state index in [-0.39, 0.29) is 41.9 Å². The number of benzene rings is 2. The van der Waals surface area contributed by atoms with Crippen molar-refractivity contribution in [3.05, 3.63) is 47.5 Å². The molecule has 0 heterocycles. The van der Waals surface area contributed by atoms with Crippen molar-refractivity contribution in [3.8, 4) is 0 Å². The highest BCUT2D eigenvalue weighted by molar-refractivity contribution is 5.84. The number of carbonyl (C=O) groups excluding carboxylic acids is 2. The average Bonchev–Trinajstić information content (AvgIpc) is 3.33. The first-order chi connectivity index (χ1) is 14.4. The highest BCUT2D eigenvalue weighted by Crippen LogP contribution is 2.50. The van der Waals surface area contributed by atoms with Crippen LogP contribution >= 0.6 is 0 Å². The van der Waals surface area contributed by atoms with Gasteiger partial charge in [-0.2, -0.15) is 0 Å². The number of rotatable bonds is 6. The molecule has 2 fully saturated rings. The maximum Gasteiger partial charge on any atom is 0.309 e. The first-order valence-corrected chi connectivity index (χ1v) is 11.3. The lowest BCUT2D eigenvalue weighted by atomic mass is 9.87. The summed E-state index contributed by atoms with van der Waals surface area (Å²) in [7, 11) is 0. The fourth-order valence-electron chi connectivity index (χ4n) is 5.05. The monoisotopic (exact) mass is 408 g/mol. The molecule has 0 radical (unpaired) electrons. The zero-order chi connectivity index (χ0) is 21.4. The van der Waals surface area contributed by atoms with Crippen LogP contribution in [0.3, 0.4) is 0 Å². The Morgan fingerprint density at radius 1 is 1.00 bits per heavy atom. The van der Waals surface area contributed by atoms with Crippen molar-refractivity contribution in [2.45, 2.75) is 65.6 Å². The van der Waals surface area contributed by atoms with Crippen LogP contribution in [0.25, 0.3) is 10.8 Å². The van der Waals surface area contributed by atoms with Gasteiger partial charge in [0.2, 0.25) is 0 Å². The van der Waals surface area contributed by atoms with Crippen molar-refractivity contribution >= 4 is 22.7 Å². The van der Waals surface area contributed by atoms with Gasteiger partial charge in [-0.05, 0) is 73.8 Å². The molecular weight excluding hydrogens is 376 g/mol. The lowest BCUT2D eigenvalue weighted by molar-refractivity contribution is -0.160. The molecule has 0 N–H and O–H groups in total. The van der Waals surface area contributed by atoms with E-state index < -0.39 is 0 Å². The molecule has 6 atom stereocenters. The Labute approximate surface area is 178 Å². The second-order valence-electron chi connectivity index (χ2n) is 9.31. The van der Waals surface area contributed by atoms with E-state index in [1.807, 2.05) is 26.8 Å². The molecule has 2 aromatic carbocycles. The van der Waals surface area contributed by atoms with Crippen LogP contribution < -0.4 is 0 Å². The Hall–Kier alpha value is -2.36. The number of hydrogen-bond donors (Lipinski definition) is 0. The van der Waals surface area contributed by atoms with Gasteiger partial charge in [-0.1, -0.05) is 49.7 Å². The van der Waals surface area contributed by atoms with Crippen LogP contribution in [-0.2, 0) is 19.1 Å². The highest BCUT2D eigenvalue weighted by atomic mass is 16.5. The van der Waals surface area contributed by atoms with E-state index in [2.05, 4.69) is 37.3 Å². The summed E-state index contributed by atoms with van der Waals surface area (Å²) >= 11 is 0. The smallest absolute Gasteiger partial charge is 0.309 e. The third-order valence-corrected chi connectivity index (χ3v) is 7.16. The van der Waals surface area contributed by atoms with Gasteiger partial charge in [0.1, 0.15) is 12.2 Å². The molecule has 30 heavy (non-hydrogen) atoms. The number of esters is 2. The summed E-state index contributed by atoms with van der Waals surface area (Å²) in [5.74, 6) is 0.222. The lowest BCUT2D eigenvalue weighted by Crippen LogP contribution is -2.32. The van der Waals surface area contributed by atoms with E-state index in [1.54, 1.807) is 0 Å². The number of aryl methyl sites for hydroxylation is 1. The summed E-state index contributed by atoms with van der Waals surface area (Å²) in [5.41, 5.74) is 2.25. The number of carbonyl (C=O) groups is 2. The molecule has 0 amide bonds. The van der Waals surface area contributed by atoms with Gasteiger partial charge < -0.3 is 9.47 Å². The van der Waals surface area contributed by atoms with E-state index in [4.69, 9.17) is 9.47 Å². The molecule has 2 bridgehead atoms. The summed E-state index contributed by atoms with van der Waals surface area (Å²) in [6.45, 7) is 7.93. The van der Waals surface area contributed by atoms with Crippen molar-refractivity contribution in [1.29, 1.82) is 0 Å². The third-order valence-electron chi connectivity index (χ3n) is 7.16. The molecule has 2 aromatic rings. The summed E-state index contributed by atoms with van der Waals surface area (Å²) < 4.78 is 11.6. The predicted molar refractivity (Wildman–Crippen MR) is 117 cm³/mol. The second-order valence-corrected chi connectivity index (χ2v) is 9.31. The molecule has 4 rings (SSSR count). The van der Waals surface area contributed by atoms with Crippen LogP contribution in [0.5, 0.6) is 0 Å². The molecule has 2 aliphatic rings. The van der Waals surface area contributed by atoms with Crippen LogP contribution in [0.2, 0.25) is 0 Å². The van der Waals surface area contributed by atoms with Gasteiger partial charge in [0.05, 0.1) is 11.8 Å².